The number of nitrogens with two attached hydrogens (primary N) is 1. The monoisotopic (exact) mass is 436 g/mol. The van der Waals surface area contributed by atoms with E-state index in [0.717, 1.165) is 54.2 Å². The zero-order chi connectivity index (χ0) is 21.4. The number of hydrogen-bond acceptors (Lipinski definition) is 9. The first-order valence-corrected chi connectivity index (χ1v) is 11.0. The minimum Gasteiger partial charge on any atom is -0.493 e. The van der Waals surface area contributed by atoms with E-state index in [0.29, 0.717) is 23.3 Å². The van der Waals surface area contributed by atoms with E-state index in [2.05, 4.69) is 33.0 Å². The van der Waals surface area contributed by atoms with Crippen LogP contribution in [0, 0.1) is 0 Å². The molecule has 1 aliphatic heterocycles. The average molecular weight is 437 g/mol. The van der Waals surface area contributed by atoms with Crippen LogP contribution in [0.25, 0.3) is 21.1 Å². The number of ether oxygens (including phenoxy) is 2. The van der Waals surface area contributed by atoms with Gasteiger partial charge >= 0.3 is 0 Å². The number of benzene rings is 2. The Morgan fingerprint density at radius 2 is 1.61 bits per heavy atom. The molecule has 1 fully saturated rings. The molecule has 3 heterocycles. The van der Waals surface area contributed by atoms with Crippen molar-refractivity contribution >= 4 is 49.4 Å². The van der Waals surface area contributed by atoms with Gasteiger partial charge in [-0.1, -0.05) is 23.5 Å². The minimum atomic E-state index is 0.438. The van der Waals surface area contributed by atoms with E-state index in [9.17, 15) is 0 Å². The Bertz CT molecular complexity index is 1210. The molecule has 0 bridgehead atoms. The van der Waals surface area contributed by atoms with Gasteiger partial charge in [-0.2, -0.15) is 4.98 Å². The lowest BCUT2D eigenvalue weighted by Crippen LogP contribution is -2.31. The summed E-state index contributed by atoms with van der Waals surface area (Å²) < 4.78 is 12.0. The summed E-state index contributed by atoms with van der Waals surface area (Å²) >= 11 is 1.74. The predicted octanol–water partition coefficient (Wildman–Crippen LogP) is 3.56. The Kier molecular flexibility index (Phi) is 5.11. The summed E-state index contributed by atoms with van der Waals surface area (Å²) in [5.74, 6) is 2.31. The van der Waals surface area contributed by atoms with Crippen LogP contribution in [0.4, 0.5) is 16.9 Å². The molecule has 9 heteroatoms. The van der Waals surface area contributed by atoms with Crippen LogP contribution in [0.2, 0.25) is 0 Å². The number of thiazole rings is 1. The van der Waals surface area contributed by atoms with Crippen molar-refractivity contribution in [1.82, 2.24) is 15.0 Å². The molecule has 8 nitrogen and oxygen atoms in total. The number of fused-ring (bicyclic) bond motifs is 2. The summed E-state index contributed by atoms with van der Waals surface area (Å²) in [6, 6.07) is 11.9. The Hall–Kier alpha value is -3.33. The maximum Gasteiger partial charge on any atom is 0.227 e. The van der Waals surface area contributed by atoms with E-state index < -0.39 is 0 Å². The van der Waals surface area contributed by atoms with Gasteiger partial charge in [0.15, 0.2) is 16.6 Å². The standard InChI is InChI=1S/C22H24N6O2S/c1-29-17-12-14-16(13-18(17)30-2)24-21(26-20(14)23)27-8-5-9-28(11-10-27)22-25-15-6-3-4-7-19(15)31-22/h3-4,6-7,12-13H,5,8-11H2,1-2H3,(H2,23,24,26). The Labute approximate surface area is 184 Å². The summed E-state index contributed by atoms with van der Waals surface area (Å²) in [5, 5.41) is 1.83. The van der Waals surface area contributed by atoms with Gasteiger partial charge in [-0.15, -0.1) is 0 Å². The SMILES string of the molecule is COc1cc2nc(N3CCCN(c4nc5ccccc5s4)CC3)nc(N)c2cc1OC. The molecule has 160 valence electrons. The lowest BCUT2D eigenvalue weighted by atomic mass is 10.2. The highest BCUT2D eigenvalue weighted by molar-refractivity contribution is 7.22. The van der Waals surface area contributed by atoms with Crippen molar-refractivity contribution in [2.24, 2.45) is 0 Å². The highest BCUT2D eigenvalue weighted by Gasteiger charge is 2.21. The first-order valence-electron chi connectivity index (χ1n) is 10.2. The van der Waals surface area contributed by atoms with E-state index in [1.165, 1.54) is 4.70 Å². The molecule has 0 atom stereocenters. The van der Waals surface area contributed by atoms with Gasteiger partial charge in [0, 0.05) is 37.6 Å². The Morgan fingerprint density at radius 3 is 2.42 bits per heavy atom. The van der Waals surface area contributed by atoms with Crippen LogP contribution in [-0.2, 0) is 0 Å². The maximum atomic E-state index is 6.29. The number of nitrogen functional groups attached to an aromatic ring is 1. The molecule has 2 aromatic heterocycles. The Balaban J connectivity index is 1.41. The smallest absolute Gasteiger partial charge is 0.227 e. The minimum absolute atomic E-state index is 0.438. The van der Waals surface area contributed by atoms with Crippen molar-refractivity contribution < 1.29 is 9.47 Å². The average Bonchev–Trinajstić information content (AvgIpc) is 3.07. The van der Waals surface area contributed by atoms with Crippen LogP contribution in [0.1, 0.15) is 6.42 Å². The number of hydrogen-bond donors (Lipinski definition) is 1. The zero-order valence-corrected chi connectivity index (χ0v) is 18.4. The number of para-hydroxylation sites is 1. The second-order valence-corrected chi connectivity index (χ2v) is 8.43. The molecule has 1 aliphatic rings. The van der Waals surface area contributed by atoms with Crippen molar-refractivity contribution in [3.63, 3.8) is 0 Å². The van der Waals surface area contributed by atoms with Crippen molar-refractivity contribution in [1.29, 1.82) is 0 Å². The van der Waals surface area contributed by atoms with Gasteiger partial charge in [-0.3, -0.25) is 0 Å². The highest BCUT2D eigenvalue weighted by Crippen LogP contribution is 2.34. The summed E-state index contributed by atoms with van der Waals surface area (Å²) in [4.78, 5) is 18.7. The molecule has 31 heavy (non-hydrogen) atoms. The number of rotatable bonds is 4. The molecular weight excluding hydrogens is 412 g/mol. The largest absolute Gasteiger partial charge is 0.493 e. The third-order valence-corrected chi connectivity index (χ3v) is 6.65. The fourth-order valence-corrected chi connectivity index (χ4v) is 4.93. The molecule has 0 amide bonds. The Morgan fingerprint density at radius 1 is 0.871 bits per heavy atom. The fourth-order valence-electron chi connectivity index (χ4n) is 3.91. The lowest BCUT2D eigenvalue weighted by molar-refractivity contribution is 0.356. The van der Waals surface area contributed by atoms with Crippen LogP contribution in [-0.4, -0.2) is 55.4 Å². The van der Waals surface area contributed by atoms with Gasteiger partial charge in [0.1, 0.15) is 5.82 Å². The molecule has 0 radical (unpaired) electrons. The molecule has 0 saturated carbocycles. The third kappa shape index (κ3) is 3.65. The normalized spacial score (nSPS) is 14.8. The molecule has 4 aromatic rings. The zero-order valence-electron chi connectivity index (χ0n) is 17.5. The number of anilines is 3. The summed E-state index contributed by atoms with van der Waals surface area (Å²) in [5.41, 5.74) is 8.08. The molecular formula is C22H24N6O2S. The van der Waals surface area contributed by atoms with E-state index in [1.54, 1.807) is 25.6 Å². The first-order chi connectivity index (χ1) is 15.2. The van der Waals surface area contributed by atoms with Crippen molar-refractivity contribution in [2.45, 2.75) is 6.42 Å². The lowest BCUT2D eigenvalue weighted by Gasteiger charge is -2.22. The van der Waals surface area contributed by atoms with E-state index >= 15 is 0 Å². The van der Waals surface area contributed by atoms with Gasteiger partial charge in [0.2, 0.25) is 5.95 Å². The van der Waals surface area contributed by atoms with Gasteiger partial charge in [0.05, 0.1) is 30.0 Å². The third-order valence-electron chi connectivity index (χ3n) is 5.55. The summed E-state index contributed by atoms with van der Waals surface area (Å²) in [6.07, 6.45) is 0.989. The van der Waals surface area contributed by atoms with E-state index in [4.69, 9.17) is 25.2 Å². The first kappa shape index (κ1) is 19.6. The molecule has 1 saturated heterocycles. The molecule has 5 rings (SSSR count). The van der Waals surface area contributed by atoms with Gasteiger partial charge < -0.3 is 25.0 Å². The van der Waals surface area contributed by atoms with Crippen molar-refractivity contribution in [2.75, 3.05) is 55.9 Å². The second-order valence-electron chi connectivity index (χ2n) is 7.43. The second kappa shape index (κ2) is 8.07. The topological polar surface area (TPSA) is 89.6 Å². The van der Waals surface area contributed by atoms with Crippen LogP contribution < -0.4 is 25.0 Å². The number of methoxy groups -OCH3 is 2. The van der Waals surface area contributed by atoms with E-state index in [1.807, 2.05) is 18.2 Å². The maximum absolute atomic E-state index is 6.29. The van der Waals surface area contributed by atoms with Crippen LogP contribution in [0.3, 0.4) is 0 Å². The molecule has 0 spiro atoms. The molecule has 0 aliphatic carbocycles. The van der Waals surface area contributed by atoms with Gasteiger partial charge in [-0.05, 0) is 24.6 Å². The predicted molar refractivity (Wildman–Crippen MR) is 126 cm³/mol. The highest BCUT2D eigenvalue weighted by atomic mass is 32.1. The summed E-state index contributed by atoms with van der Waals surface area (Å²) in [7, 11) is 3.21. The van der Waals surface area contributed by atoms with Crippen LogP contribution >= 0.6 is 11.3 Å². The quantitative estimate of drug-likeness (QED) is 0.519. The number of nitrogens with zero attached hydrogens (tertiary/aromatic N) is 5. The van der Waals surface area contributed by atoms with E-state index in [-0.39, 0.29) is 0 Å². The van der Waals surface area contributed by atoms with Crippen LogP contribution in [0.15, 0.2) is 36.4 Å². The van der Waals surface area contributed by atoms with Gasteiger partial charge in [0.25, 0.3) is 0 Å². The fraction of sp³-hybridized carbons (Fsp3) is 0.318. The molecule has 0 unspecified atom stereocenters. The summed E-state index contributed by atoms with van der Waals surface area (Å²) in [6.45, 7) is 3.46. The molecule has 2 N–H and O–H groups in total. The van der Waals surface area contributed by atoms with Crippen molar-refractivity contribution in [3.05, 3.63) is 36.4 Å². The number of aromatic nitrogens is 3. The van der Waals surface area contributed by atoms with Crippen molar-refractivity contribution in [3.8, 4) is 11.5 Å². The van der Waals surface area contributed by atoms with Crippen LogP contribution in [0.5, 0.6) is 11.5 Å². The van der Waals surface area contributed by atoms with Gasteiger partial charge in [-0.25, -0.2) is 9.97 Å². The molecule has 2 aromatic carbocycles.